The number of carbonyl (C=O) groups is 7. The molecule has 1 heterocycles. The number of amides is 1. The van der Waals surface area contributed by atoms with E-state index in [1.807, 2.05) is 0 Å². The van der Waals surface area contributed by atoms with Gasteiger partial charge < -0.3 is 24.3 Å². The number of Topliss-reactive ketones (excluding diaryl/α,β-unsaturated/α-hetero) is 2. The van der Waals surface area contributed by atoms with E-state index in [0.717, 1.165) is 27.7 Å². The van der Waals surface area contributed by atoms with E-state index in [9.17, 15) is 33.6 Å². The van der Waals surface area contributed by atoms with Crippen LogP contribution in [0, 0.1) is 0 Å². The molecular weight excluding hydrogens is 438 g/mol. The van der Waals surface area contributed by atoms with E-state index in [1.165, 1.54) is 6.92 Å². The molecule has 0 bridgehead atoms. The molecule has 0 radical (unpaired) electrons. The minimum absolute atomic E-state index is 0.320. The van der Waals surface area contributed by atoms with Crippen LogP contribution < -0.4 is 5.32 Å². The lowest BCUT2D eigenvalue weighted by atomic mass is 9.92. The maximum absolute atomic E-state index is 12.4. The van der Waals surface area contributed by atoms with Gasteiger partial charge >= 0.3 is 17.9 Å². The Morgan fingerprint density at radius 1 is 0.806 bits per heavy atom. The molecule has 12 nitrogen and oxygen atoms in total. The molecule has 0 aliphatic carbocycles. The first-order valence-corrected chi connectivity index (χ1v) is 9.96. The van der Waals surface area contributed by atoms with Crippen molar-refractivity contribution >= 4 is 52.3 Å². The molecule has 1 N–H and O–H groups in total. The Morgan fingerprint density at radius 2 is 1.32 bits per heavy atom. The molecule has 0 saturated carbocycles. The highest BCUT2D eigenvalue weighted by atomic mass is 32.2. The highest BCUT2D eigenvalue weighted by molar-refractivity contribution is 8.14. The minimum Gasteiger partial charge on any atom is -0.456 e. The molecule has 5 atom stereocenters. The van der Waals surface area contributed by atoms with Crippen LogP contribution in [-0.2, 0) is 52.5 Å². The Balaban J connectivity index is 3.41. The molecule has 1 fully saturated rings. The third-order valence-corrected chi connectivity index (χ3v) is 4.59. The molecule has 1 aliphatic heterocycles. The summed E-state index contributed by atoms with van der Waals surface area (Å²) in [5, 5.41) is 2.06. The number of hydrogen-bond donors (Lipinski definition) is 1. The SMILES string of the molecule is CC(=O)OC1OC(C(=O)C(C)=O)[C@H](OC(C)=O)[C@H](OC(C)=O)C1NC(=O)CSC(C)=O. The molecule has 31 heavy (non-hydrogen) atoms. The van der Waals surface area contributed by atoms with Crippen molar-refractivity contribution in [1.82, 2.24) is 5.32 Å². The summed E-state index contributed by atoms with van der Waals surface area (Å²) >= 11 is 0.688. The van der Waals surface area contributed by atoms with Gasteiger partial charge in [-0.05, 0) is 0 Å². The van der Waals surface area contributed by atoms with Gasteiger partial charge in [0.2, 0.25) is 18.0 Å². The molecule has 1 amide bonds. The largest absolute Gasteiger partial charge is 0.456 e. The van der Waals surface area contributed by atoms with Crippen molar-refractivity contribution in [3.63, 3.8) is 0 Å². The Labute approximate surface area is 181 Å². The second kappa shape index (κ2) is 11.6. The normalized spacial score (nSPS) is 25.0. The summed E-state index contributed by atoms with van der Waals surface area (Å²) in [7, 11) is 0. The van der Waals surface area contributed by atoms with Crippen LogP contribution in [0.3, 0.4) is 0 Å². The highest BCUT2D eigenvalue weighted by Crippen LogP contribution is 2.28. The van der Waals surface area contributed by atoms with Crippen LogP contribution in [0.1, 0.15) is 34.6 Å². The first kappa shape index (κ1) is 26.2. The molecule has 172 valence electrons. The molecule has 0 aromatic rings. The second-order valence-corrected chi connectivity index (χ2v) is 7.63. The quantitative estimate of drug-likeness (QED) is 0.268. The van der Waals surface area contributed by atoms with Gasteiger partial charge in [-0.15, -0.1) is 0 Å². The summed E-state index contributed by atoms with van der Waals surface area (Å²) in [5.74, 6) is -5.76. The van der Waals surface area contributed by atoms with Crippen molar-refractivity contribution in [3.8, 4) is 0 Å². The van der Waals surface area contributed by atoms with E-state index >= 15 is 0 Å². The highest BCUT2D eigenvalue weighted by Gasteiger charge is 2.54. The van der Waals surface area contributed by atoms with Crippen molar-refractivity contribution in [3.05, 3.63) is 0 Å². The van der Waals surface area contributed by atoms with E-state index in [0.29, 0.717) is 11.8 Å². The molecule has 0 aromatic heterocycles. The zero-order valence-corrected chi connectivity index (χ0v) is 18.3. The maximum atomic E-state index is 12.4. The number of carbonyl (C=O) groups excluding carboxylic acids is 7. The van der Waals surface area contributed by atoms with Gasteiger partial charge in [0.15, 0.2) is 29.2 Å². The van der Waals surface area contributed by atoms with E-state index in [4.69, 9.17) is 18.9 Å². The fraction of sp³-hybridized carbons (Fsp3) is 0.611. The van der Waals surface area contributed by atoms with Crippen LogP contribution in [0.2, 0.25) is 0 Å². The first-order chi connectivity index (χ1) is 14.3. The van der Waals surface area contributed by atoms with Crippen molar-refractivity contribution in [1.29, 1.82) is 0 Å². The van der Waals surface area contributed by atoms with Gasteiger partial charge in [0.1, 0.15) is 6.04 Å². The predicted octanol–water partition coefficient (Wildman–Crippen LogP) is -0.940. The summed E-state index contributed by atoms with van der Waals surface area (Å²) < 4.78 is 20.7. The van der Waals surface area contributed by atoms with Crippen molar-refractivity contribution in [2.75, 3.05) is 5.75 Å². The lowest BCUT2D eigenvalue weighted by Gasteiger charge is -2.43. The van der Waals surface area contributed by atoms with E-state index < -0.39 is 66.0 Å². The van der Waals surface area contributed by atoms with Gasteiger partial charge in [0.05, 0.1) is 5.75 Å². The molecule has 1 saturated heterocycles. The van der Waals surface area contributed by atoms with Gasteiger partial charge in [-0.2, -0.15) is 0 Å². The first-order valence-electron chi connectivity index (χ1n) is 8.98. The van der Waals surface area contributed by atoms with E-state index in [2.05, 4.69) is 5.32 Å². The van der Waals surface area contributed by atoms with Crippen LogP contribution in [0.4, 0.5) is 0 Å². The summed E-state index contributed by atoms with van der Waals surface area (Å²) in [6.45, 7) is 5.25. The molecule has 0 spiro atoms. The molecule has 0 aromatic carbocycles. The average molecular weight is 461 g/mol. The third kappa shape index (κ3) is 8.09. The van der Waals surface area contributed by atoms with Gasteiger partial charge in [0.25, 0.3) is 0 Å². The average Bonchev–Trinajstić information content (AvgIpc) is 2.62. The molecule has 1 rings (SSSR count). The lowest BCUT2D eigenvalue weighted by molar-refractivity contribution is -0.259. The Morgan fingerprint density at radius 3 is 1.77 bits per heavy atom. The molecule has 1 aliphatic rings. The van der Waals surface area contributed by atoms with E-state index in [1.54, 1.807) is 0 Å². The van der Waals surface area contributed by atoms with Crippen LogP contribution in [0.15, 0.2) is 0 Å². The topological polar surface area (TPSA) is 168 Å². The summed E-state index contributed by atoms with van der Waals surface area (Å²) in [5.41, 5.74) is 0. The van der Waals surface area contributed by atoms with Gasteiger partial charge in [0, 0.05) is 34.6 Å². The number of thioether (sulfide) groups is 1. The number of ketones is 2. The number of hydrogen-bond acceptors (Lipinski definition) is 12. The standard InChI is InChI=1S/C18H23NO11S/c1-7(20)14(26)16-17(28-9(3)22)15(27-8(2)21)13(18(30-16)29-10(4)23)19-12(25)6-31-11(5)24/h13,15-18H,6H2,1-5H3,(H,19,25)/t13?,15-,16?,17-,18?/m1/s1. The summed E-state index contributed by atoms with van der Waals surface area (Å²) in [6, 6.07) is -1.42. The van der Waals surface area contributed by atoms with Gasteiger partial charge in [-0.1, -0.05) is 11.8 Å². The Kier molecular flexibility index (Phi) is 9.78. The zero-order chi connectivity index (χ0) is 23.9. The van der Waals surface area contributed by atoms with Crippen LogP contribution in [0.25, 0.3) is 0 Å². The van der Waals surface area contributed by atoms with Crippen LogP contribution >= 0.6 is 11.8 Å². The lowest BCUT2D eigenvalue weighted by Crippen LogP contribution is -2.68. The zero-order valence-electron chi connectivity index (χ0n) is 17.5. The van der Waals surface area contributed by atoms with Crippen molar-refractivity contribution in [2.45, 2.75) is 65.3 Å². The third-order valence-electron chi connectivity index (χ3n) is 3.78. The fourth-order valence-corrected chi connectivity index (χ4v) is 3.13. The molecular formula is C18H23NO11S. The number of ether oxygens (including phenoxy) is 4. The number of rotatable bonds is 8. The smallest absolute Gasteiger partial charge is 0.305 e. The van der Waals surface area contributed by atoms with Crippen LogP contribution in [-0.4, -0.2) is 76.9 Å². The number of esters is 3. The second-order valence-electron chi connectivity index (χ2n) is 6.48. The minimum atomic E-state index is -1.77. The predicted molar refractivity (Wildman–Crippen MR) is 102 cm³/mol. The monoisotopic (exact) mass is 461 g/mol. The Hall–Kier alpha value is -2.80. The summed E-state index contributed by atoms with van der Waals surface area (Å²) in [4.78, 5) is 82.3. The van der Waals surface area contributed by atoms with Gasteiger partial charge in [-0.25, -0.2) is 0 Å². The molecule has 13 heteroatoms. The number of nitrogens with one attached hydrogen (secondary N) is 1. The summed E-state index contributed by atoms with van der Waals surface area (Å²) in [6.07, 6.45) is -6.63. The van der Waals surface area contributed by atoms with E-state index in [-0.39, 0.29) is 10.9 Å². The molecule has 3 unspecified atom stereocenters. The Bertz CT molecular complexity index is 780. The van der Waals surface area contributed by atoms with Crippen molar-refractivity contribution in [2.24, 2.45) is 0 Å². The van der Waals surface area contributed by atoms with Gasteiger partial charge in [-0.3, -0.25) is 33.6 Å². The maximum Gasteiger partial charge on any atom is 0.305 e. The fourth-order valence-electron chi connectivity index (χ4n) is 2.71. The van der Waals surface area contributed by atoms with Crippen molar-refractivity contribution < 1.29 is 52.5 Å². The van der Waals surface area contributed by atoms with Crippen LogP contribution in [0.5, 0.6) is 0 Å².